The Morgan fingerprint density at radius 2 is 2.32 bits per heavy atom. The topological polar surface area (TPSA) is 44.4 Å². The SMILES string of the molecule is O=C1CN(CCC2CCNC2)c2cc(Br)ccc2N1. The largest absolute Gasteiger partial charge is 0.360 e. The number of nitrogens with zero attached hydrogens (tertiary/aromatic N) is 1. The first kappa shape index (κ1) is 12.9. The standard InChI is InChI=1S/C14H18BrN3O/c15-11-1-2-12-13(7-11)18(9-14(19)17-12)6-4-10-3-5-16-8-10/h1-2,7,10,16H,3-6,8-9H2,(H,17,19). The van der Waals surface area contributed by atoms with Crippen molar-refractivity contribution in [2.75, 3.05) is 36.4 Å². The zero-order valence-electron chi connectivity index (χ0n) is 10.8. The summed E-state index contributed by atoms with van der Waals surface area (Å²) in [5, 5.41) is 6.32. The number of carbonyl (C=O) groups excluding carboxylic acids is 1. The molecule has 2 heterocycles. The van der Waals surface area contributed by atoms with Gasteiger partial charge in [0.15, 0.2) is 0 Å². The molecule has 0 aliphatic carbocycles. The van der Waals surface area contributed by atoms with Gasteiger partial charge in [-0.25, -0.2) is 0 Å². The van der Waals surface area contributed by atoms with E-state index < -0.39 is 0 Å². The molecule has 1 atom stereocenters. The normalized spacial score (nSPS) is 22.3. The number of hydrogen-bond donors (Lipinski definition) is 2. The van der Waals surface area contributed by atoms with Gasteiger partial charge < -0.3 is 15.5 Å². The molecular formula is C14H18BrN3O. The Kier molecular flexibility index (Phi) is 3.75. The molecule has 1 saturated heterocycles. The quantitative estimate of drug-likeness (QED) is 0.896. The molecule has 0 radical (unpaired) electrons. The molecule has 0 spiro atoms. The third kappa shape index (κ3) is 2.92. The molecule has 1 fully saturated rings. The number of fused-ring (bicyclic) bond motifs is 1. The van der Waals surface area contributed by atoms with Crippen LogP contribution in [0.2, 0.25) is 0 Å². The molecule has 1 amide bonds. The Labute approximate surface area is 121 Å². The second-order valence-electron chi connectivity index (χ2n) is 5.28. The van der Waals surface area contributed by atoms with Crippen molar-refractivity contribution < 1.29 is 4.79 Å². The van der Waals surface area contributed by atoms with Crippen LogP contribution in [0.1, 0.15) is 12.8 Å². The first-order chi connectivity index (χ1) is 9.22. The fraction of sp³-hybridized carbons (Fsp3) is 0.500. The number of amides is 1. The van der Waals surface area contributed by atoms with Gasteiger partial charge in [0.1, 0.15) is 0 Å². The third-order valence-electron chi connectivity index (χ3n) is 3.88. The van der Waals surface area contributed by atoms with Gasteiger partial charge in [0.25, 0.3) is 0 Å². The van der Waals surface area contributed by atoms with E-state index in [2.05, 4.69) is 37.5 Å². The number of nitrogens with one attached hydrogen (secondary N) is 2. The maximum atomic E-state index is 11.7. The minimum Gasteiger partial charge on any atom is -0.360 e. The molecule has 102 valence electrons. The number of benzene rings is 1. The Balaban J connectivity index is 1.74. The maximum absolute atomic E-state index is 11.7. The molecule has 4 nitrogen and oxygen atoms in total. The first-order valence-electron chi connectivity index (χ1n) is 6.77. The van der Waals surface area contributed by atoms with E-state index in [1.165, 1.54) is 6.42 Å². The van der Waals surface area contributed by atoms with Crippen molar-refractivity contribution in [3.8, 4) is 0 Å². The maximum Gasteiger partial charge on any atom is 0.243 e. The van der Waals surface area contributed by atoms with E-state index in [4.69, 9.17) is 0 Å². The number of rotatable bonds is 3. The minimum absolute atomic E-state index is 0.0827. The van der Waals surface area contributed by atoms with E-state index in [1.54, 1.807) is 0 Å². The van der Waals surface area contributed by atoms with E-state index in [9.17, 15) is 4.79 Å². The molecule has 0 saturated carbocycles. The molecule has 19 heavy (non-hydrogen) atoms. The van der Waals surface area contributed by atoms with Gasteiger partial charge in [-0.2, -0.15) is 0 Å². The van der Waals surface area contributed by atoms with E-state index in [1.807, 2.05) is 12.1 Å². The first-order valence-corrected chi connectivity index (χ1v) is 7.57. The molecule has 3 rings (SSSR count). The number of anilines is 2. The third-order valence-corrected chi connectivity index (χ3v) is 4.37. The van der Waals surface area contributed by atoms with Crippen molar-refractivity contribution in [3.05, 3.63) is 22.7 Å². The summed E-state index contributed by atoms with van der Waals surface area (Å²) in [6.07, 6.45) is 2.40. The van der Waals surface area contributed by atoms with Gasteiger partial charge in [0, 0.05) is 11.0 Å². The Hall–Kier alpha value is -1.07. The van der Waals surface area contributed by atoms with Crippen LogP contribution in [-0.4, -0.2) is 32.1 Å². The number of hydrogen-bond acceptors (Lipinski definition) is 3. The van der Waals surface area contributed by atoms with E-state index in [-0.39, 0.29) is 5.91 Å². The van der Waals surface area contributed by atoms with Crippen LogP contribution in [0.25, 0.3) is 0 Å². The predicted octanol–water partition coefficient (Wildman–Crippen LogP) is 2.21. The molecule has 2 aliphatic rings. The van der Waals surface area contributed by atoms with Crippen LogP contribution in [-0.2, 0) is 4.79 Å². The van der Waals surface area contributed by atoms with Crippen LogP contribution in [0.15, 0.2) is 22.7 Å². The average molecular weight is 324 g/mol. The molecule has 1 unspecified atom stereocenters. The summed E-state index contributed by atoms with van der Waals surface area (Å²) in [6.45, 7) is 3.66. The fourth-order valence-electron chi connectivity index (χ4n) is 2.82. The van der Waals surface area contributed by atoms with Crippen LogP contribution in [0.4, 0.5) is 11.4 Å². The van der Waals surface area contributed by atoms with Crippen molar-refractivity contribution in [2.24, 2.45) is 5.92 Å². The fourth-order valence-corrected chi connectivity index (χ4v) is 3.17. The van der Waals surface area contributed by atoms with Gasteiger partial charge in [0.05, 0.1) is 17.9 Å². The Morgan fingerprint density at radius 3 is 3.11 bits per heavy atom. The van der Waals surface area contributed by atoms with E-state index in [0.29, 0.717) is 6.54 Å². The summed E-state index contributed by atoms with van der Waals surface area (Å²) in [6, 6.07) is 6.01. The Morgan fingerprint density at radius 1 is 1.42 bits per heavy atom. The van der Waals surface area contributed by atoms with Crippen molar-refractivity contribution in [3.63, 3.8) is 0 Å². The highest BCUT2D eigenvalue weighted by Crippen LogP contribution is 2.32. The lowest BCUT2D eigenvalue weighted by molar-refractivity contribution is -0.115. The lowest BCUT2D eigenvalue weighted by Crippen LogP contribution is -2.39. The van der Waals surface area contributed by atoms with Gasteiger partial charge in [-0.05, 0) is 50.0 Å². The summed E-state index contributed by atoms with van der Waals surface area (Å²) >= 11 is 3.50. The predicted molar refractivity (Wildman–Crippen MR) is 80.6 cm³/mol. The van der Waals surface area contributed by atoms with Crippen molar-refractivity contribution in [2.45, 2.75) is 12.8 Å². The number of carbonyl (C=O) groups is 1. The van der Waals surface area contributed by atoms with E-state index in [0.717, 1.165) is 47.8 Å². The molecule has 2 aliphatic heterocycles. The number of halogens is 1. The molecule has 1 aromatic rings. The highest BCUT2D eigenvalue weighted by molar-refractivity contribution is 9.10. The molecular weight excluding hydrogens is 306 g/mol. The van der Waals surface area contributed by atoms with Crippen LogP contribution < -0.4 is 15.5 Å². The highest BCUT2D eigenvalue weighted by Gasteiger charge is 2.23. The lowest BCUT2D eigenvalue weighted by Gasteiger charge is -2.31. The van der Waals surface area contributed by atoms with Gasteiger partial charge in [-0.1, -0.05) is 15.9 Å². The lowest BCUT2D eigenvalue weighted by atomic mass is 10.0. The van der Waals surface area contributed by atoms with Gasteiger partial charge in [-0.3, -0.25) is 4.79 Å². The van der Waals surface area contributed by atoms with Gasteiger partial charge in [0.2, 0.25) is 5.91 Å². The highest BCUT2D eigenvalue weighted by atomic mass is 79.9. The van der Waals surface area contributed by atoms with Crippen LogP contribution in [0.5, 0.6) is 0 Å². The summed E-state index contributed by atoms with van der Waals surface area (Å²) in [7, 11) is 0. The zero-order valence-corrected chi connectivity index (χ0v) is 12.4. The second-order valence-corrected chi connectivity index (χ2v) is 6.19. The monoisotopic (exact) mass is 323 g/mol. The summed E-state index contributed by atoms with van der Waals surface area (Å²) < 4.78 is 1.05. The van der Waals surface area contributed by atoms with Crippen molar-refractivity contribution in [1.29, 1.82) is 0 Å². The van der Waals surface area contributed by atoms with Crippen molar-refractivity contribution >= 4 is 33.2 Å². The molecule has 2 N–H and O–H groups in total. The van der Waals surface area contributed by atoms with Crippen LogP contribution in [0.3, 0.4) is 0 Å². The average Bonchev–Trinajstić information content (AvgIpc) is 2.89. The van der Waals surface area contributed by atoms with E-state index >= 15 is 0 Å². The minimum atomic E-state index is 0.0827. The zero-order chi connectivity index (χ0) is 13.2. The second kappa shape index (κ2) is 5.51. The van der Waals surface area contributed by atoms with Gasteiger partial charge in [-0.15, -0.1) is 0 Å². The van der Waals surface area contributed by atoms with Crippen LogP contribution in [0, 0.1) is 5.92 Å². The Bertz CT molecular complexity index is 486. The van der Waals surface area contributed by atoms with Crippen molar-refractivity contribution in [1.82, 2.24) is 5.32 Å². The van der Waals surface area contributed by atoms with Gasteiger partial charge >= 0.3 is 0 Å². The molecule has 0 aromatic heterocycles. The molecule has 5 heteroatoms. The summed E-state index contributed by atoms with van der Waals surface area (Å²) in [5.74, 6) is 0.833. The summed E-state index contributed by atoms with van der Waals surface area (Å²) in [5.41, 5.74) is 2.05. The van der Waals surface area contributed by atoms with Crippen LogP contribution >= 0.6 is 15.9 Å². The smallest absolute Gasteiger partial charge is 0.243 e. The summed E-state index contributed by atoms with van der Waals surface area (Å²) in [4.78, 5) is 13.9. The molecule has 0 bridgehead atoms. The molecule has 1 aromatic carbocycles.